The van der Waals surface area contributed by atoms with Crippen LogP contribution in [-0.4, -0.2) is 63.3 Å². The maximum absolute atomic E-state index is 6.88. The third kappa shape index (κ3) is 4.45. The maximum Gasteiger partial charge on any atom is 0.163 e. The summed E-state index contributed by atoms with van der Waals surface area (Å²) in [5.41, 5.74) is 9.04. The number of aryl methyl sites for hydroxylation is 1. The summed E-state index contributed by atoms with van der Waals surface area (Å²) in [6.45, 7) is 6.76. The van der Waals surface area contributed by atoms with E-state index in [4.69, 9.17) is 27.1 Å². The van der Waals surface area contributed by atoms with E-state index in [9.17, 15) is 0 Å². The van der Waals surface area contributed by atoms with Crippen LogP contribution in [0.5, 0.6) is 0 Å². The van der Waals surface area contributed by atoms with Crippen LogP contribution in [0.25, 0.3) is 22.4 Å². The van der Waals surface area contributed by atoms with Crippen molar-refractivity contribution in [3.8, 4) is 11.4 Å². The first-order valence-corrected chi connectivity index (χ1v) is 11.8. The highest BCUT2D eigenvalue weighted by molar-refractivity contribution is 6.31. The van der Waals surface area contributed by atoms with E-state index in [1.807, 2.05) is 18.5 Å². The summed E-state index contributed by atoms with van der Waals surface area (Å²) in [6, 6.07) is 1.89. The molecule has 0 amide bonds. The molecule has 0 aromatic carbocycles. The Hall–Kier alpha value is -2.26. The molecule has 2 aliphatic rings. The van der Waals surface area contributed by atoms with Crippen molar-refractivity contribution >= 4 is 28.5 Å². The number of likely N-dealkylation sites (tertiary alicyclic amines) is 1. The molecule has 2 fully saturated rings. The van der Waals surface area contributed by atoms with Crippen molar-refractivity contribution in [1.29, 1.82) is 0 Å². The summed E-state index contributed by atoms with van der Waals surface area (Å²) in [4.78, 5) is 19.5. The van der Waals surface area contributed by atoms with E-state index >= 15 is 0 Å². The van der Waals surface area contributed by atoms with Crippen molar-refractivity contribution in [3.63, 3.8) is 0 Å². The zero-order valence-corrected chi connectivity index (χ0v) is 19.2. The minimum absolute atomic E-state index is 0.529. The molecule has 32 heavy (non-hydrogen) atoms. The molecule has 3 aromatic heterocycles. The second-order valence-electron chi connectivity index (χ2n) is 9.02. The van der Waals surface area contributed by atoms with E-state index < -0.39 is 5.66 Å². The zero-order chi connectivity index (χ0) is 22.1. The molecule has 0 radical (unpaired) electrons. The van der Waals surface area contributed by atoms with Gasteiger partial charge in [-0.15, -0.1) is 0 Å². The number of rotatable bonds is 6. The lowest BCUT2D eigenvalue weighted by Crippen LogP contribution is -2.60. The van der Waals surface area contributed by atoms with Crippen molar-refractivity contribution in [2.75, 3.05) is 38.2 Å². The lowest BCUT2D eigenvalue weighted by Gasteiger charge is -2.42. The van der Waals surface area contributed by atoms with E-state index in [-0.39, 0.29) is 0 Å². The van der Waals surface area contributed by atoms with Gasteiger partial charge in [0.15, 0.2) is 5.82 Å². The number of nitrogens with two attached hydrogens (primary N) is 1. The Morgan fingerprint density at radius 3 is 3.09 bits per heavy atom. The van der Waals surface area contributed by atoms with E-state index in [0.29, 0.717) is 16.8 Å². The fourth-order valence-corrected chi connectivity index (χ4v) is 4.99. The summed E-state index contributed by atoms with van der Waals surface area (Å²) in [5.74, 6) is 2.03. The normalized spacial score (nSPS) is 24.3. The Labute approximate surface area is 192 Å². The first-order valence-electron chi connectivity index (χ1n) is 11.4. The van der Waals surface area contributed by atoms with Crippen LogP contribution < -0.4 is 11.1 Å². The molecule has 4 N–H and O–H groups in total. The Morgan fingerprint density at radius 2 is 2.28 bits per heavy atom. The predicted molar refractivity (Wildman–Crippen MR) is 127 cm³/mol. The molecule has 2 atom stereocenters. The second-order valence-corrected chi connectivity index (χ2v) is 9.46. The third-order valence-electron chi connectivity index (χ3n) is 6.49. The predicted octanol–water partition coefficient (Wildman–Crippen LogP) is 3.43. The van der Waals surface area contributed by atoms with Gasteiger partial charge in [-0.05, 0) is 44.2 Å². The largest absolute Gasteiger partial charge is 0.381 e. The van der Waals surface area contributed by atoms with Gasteiger partial charge in [0.25, 0.3) is 0 Å². The number of ether oxygens (including phenoxy) is 1. The number of piperidine rings is 1. The topological polar surface area (TPSA) is 105 Å². The molecule has 9 heteroatoms. The SMILES string of the molecule is CCc1cnc(-c2c[nH]c3ncc(Cl)cc23)nc1N[C@@]1(N)CCCN(CC2CCOC2)C1. The van der Waals surface area contributed by atoms with Crippen LogP contribution in [0.1, 0.15) is 31.7 Å². The number of aromatic amines is 1. The van der Waals surface area contributed by atoms with Crippen molar-refractivity contribution in [1.82, 2.24) is 24.8 Å². The van der Waals surface area contributed by atoms with E-state index in [2.05, 4.69) is 32.1 Å². The molecule has 3 aromatic rings. The molecular formula is C23H30ClN7O. The van der Waals surface area contributed by atoms with Crippen LogP contribution in [0.15, 0.2) is 24.7 Å². The monoisotopic (exact) mass is 455 g/mol. The molecule has 5 rings (SSSR count). The van der Waals surface area contributed by atoms with Crippen molar-refractivity contribution in [3.05, 3.63) is 35.2 Å². The maximum atomic E-state index is 6.88. The van der Waals surface area contributed by atoms with Crippen LogP contribution in [0.2, 0.25) is 5.02 Å². The number of anilines is 1. The average molecular weight is 456 g/mol. The standard InChI is InChI=1S/C23H30ClN7O/c1-2-16-9-26-22(19-11-28-21-18(19)8-17(24)10-27-21)29-20(16)30-23(25)5-3-6-31(14-23)12-15-4-7-32-13-15/h8-11,15H,2-7,12-14,25H2,1H3,(H,27,28)(H,26,29,30)/t15?,23-/m0/s1. The van der Waals surface area contributed by atoms with Gasteiger partial charge in [-0.3, -0.25) is 4.90 Å². The number of hydrogen-bond donors (Lipinski definition) is 3. The Balaban J connectivity index is 1.40. The van der Waals surface area contributed by atoms with Gasteiger partial charge in [-0.1, -0.05) is 18.5 Å². The van der Waals surface area contributed by atoms with E-state index in [1.165, 1.54) is 0 Å². The molecule has 2 saturated heterocycles. The first kappa shape index (κ1) is 21.6. The number of halogens is 1. The molecular weight excluding hydrogens is 426 g/mol. The third-order valence-corrected chi connectivity index (χ3v) is 6.70. The molecule has 0 saturated carbocycles. The highest BCUT2D eigenvalue weighted by Gasteiger charge is 2.34. The lowest BCUT2D eigenvalue weighted by atomic mass is 9.97. The van der Waals surface area contributed by atoms with Gasteiger partial charge < -0.3 is 20.8 Å². The Kier molecular flexibility index (Phi) is 6.03. The van der Waals surface area contributed by atoms with Gasteiger partial charge in [0.1, 0.15) is 11.5 Å². The summed E-state index contributed by atoms with van der Waals surface area (Å²) >= 11 is 6.18. The number of fused-ring (bicyclic) bond motifs is 1. The van der Waals surface area contributed by atoms with E-state index in [0.717, 1.165) is 86.5 Å². The minimum Gasteiger partial charge on any atom is -0.381 e. The van der Waals surface area contributed by atoms with Gasteiger partial charge in [-0.2, -0.15) is 0 Å². The zero-order valence-electron chi connectivity index (χ0n) is 18.4. The molecule has 1 unspecified atom stereocenters. The minimum atomic E-state index is -0.529. The van der Waals surface area contributed by atoms with Crippen LogP contribution >= 0.6 is 11.6 Å². The van der Waals surface area contributed by atoms with Gasteiger partial charge in [0, 0.05) is 54.8 Å². The second kappa shape index (κ2) is 8.94. The molecule has 0 bridgehead atoms. The Bertz CT molecular complexity index is 1100. The molecule has 2 aliphatic heterocycles. The van der Waals surface area contributed by atoms with E-state index in [1.54, 1.807) is 6.20 Å². The summed E-state index contributed by atoms with van der Waals surface area (Å²) in [5, 5.41) is 5.08. The van der Waals surface area contributed by atoms with Crippen molar-refractivity contribution in [2.45, 2.75) is 38.3 Å². The van der Waals surface area contributed by atoms with Gasteiger partial charge in [-0.25, -0.2) is 15.0 Å². The number of nitrogens with one attached hydrogen (secondary N) is 2. The summed E-state index contributed by atoms with van der Waals surface area (Å²) < 4.78 is 5.56. The van der Waals surface area contributed by atoms with Crippen LogP contribution in [-0.2, 0) is 11.2 Å². The van der Waals surface area contributed by atoms with Crippen LogP contribution in [0.4, 0.5) is 5.82 Å². The fourth-order valence-electron chi connectivity index (χ4n) is 4.83. The highest BCUT2D eigenvalue weighted by atomic mass is 35.5. The number of pyridine rings is 1. The fraction of sp³-hybridized carbons (Fsp3) is 0.522. The quantitative estimate of drug-likeness (QED) is 0.489. The molecule has 8 nitrogen and oxygen atoms in total. The van der Waals surface area contributed by atoms with Gasteiger partial charge in [0.05, 0.1) is 17.3 Å². The average Bonchev–Trinajstić information content (AvgIpc) is 3.43. The Morgan fingerprint density at radius 1 is 1.38 bits per heavy atom. The van der Waals surface area contributed by atoms with Crippen LogP contribution in [0, 0.1) is 5.92 Å². The summed E-state index contributed by atoms with van der Waals surface area (Å²) in [7, 11) is 0. The smallest absolute Gasteiger partial charge is 0.163 e. The summed E-state index contributed by atoms with van der Waals surface area (Å²) in [6.07, 6.45) is 9.32. The first-order chi connectivity index (χ1) is 15.5. The van der Waals surface area contributed by atoms with Crippen LogP contribution in [0.3, 0.4) is 0 Å². The van der Waals surface area contributed by atoms with Gasteiger partial charge in [0.2, 0.25) is 0 Å². The highest BCUT2D eigenvalue weighted by Crippen LogP contribution is 2.30. The number of hydrogen-bond acceptors (Lipinski definition) is 7. The number of nitrogens with zero attached hydrogens (tertiary/aromatic N) is 4. The van der Waals surface area contributed by atoms with Crippen molar-refractivity contribution < 1.29 is 4.74 Å². The molecule has 5 heterocycles. The number of H-pyrrole nitrogens is 1. The molecule has 0 spiro atoms. The number of aromatic nitrogens is 4. The molecule has 170 valence electrons. The molecule has 0 aliphatic carbocycles. The van der Waals surface area contributed by atoms with Gasteiger partial charge >= 0.3 is 0 Å². The lowest BCUT2D eigenvalue weighted by molar-refractivity contribution is 0.129. The van der Waals surface area contributed by atoms with Crippen molar-refractivity contribution in [2.24, 2.45) is 11.7 Å².